The van der Waals surface area contributed by atoms with Gasteiger partial charge in [-0.05, 0) is 56.3 Å². The first-order valence-electron chi connectivity index (χ1n) is 11.8. The molecule has 1 N–H and O–H groups in total. The van der Waals surface area contributed by atoms with Gasteiger partial charge in [0.05, 0.1) is 35.5 Å². The number of benzene rings is 2. The molecule has 1 aromatic heterocycles. The van der Waals surface area contributed by atoms with Crippen molar-refractivity contribution in [2.24, 2.45) is 0 Å². The minimum atomic E-state index is -4.71. The van der Waals surface area contributed by atoms with Crippen LogP contribution in [-0.2, 0) is 26.4 Å². The molecule has 0 bridgehead atoms. The molecule has 0 aliphatic rings. The number of amides is 1. The van der Waals surface area contributed by atoms with E-state index in [1.807, 2.05) is 20.8 Å². The quantitative estimate of drug-likeness (QED) is 0.413. The van der Waals surface area contributed by atoms with E-state index in [9.17, 15) is 26.4 Å². The van der Waals surface area contributed by atoms with Gasteiger partial charge >= 0.3 is 6.18 Å². The highest BCUT2D eigenvalue weighted by molar-refractivity contribution is 7.89. The summed E-state index contributed by atoms with van der Waals surface area (Å²) in [5, 5.41) is 7.35. The summed E-state index contributed by atoms with van der Waals surface area (Å²) in [5.74, 6) is 0.268. The maximum atomic E-state index is 13.3. The Morgan fingerprint density at radius 3 is 2.24 bits per heavy atom. The van der Waals surface area contributed by atoms with Crippen molar-refractivity contribution < 1.29 is 31.1 Å². The number of nitrogens with one attached hydrogen (secondary N) is 1. The Morgan fingerprint density at radius 2 is 1.71 bits per heavy atom. The zero-order valence-electron chi connectivity index (χ0n) is 22.0. The van der Waals surface area contributed by atoms with Crippen molar-refractivity contribution in [2.45, 2.75) is 57.1 Å². The van der Waals surface area contributed by atoms with Gasteiger partial charge in [-0.2, -0.15) is 22.6 Å². The second-order valence-corrected chi connectivity index (χ2v) is 11.9. The highest BCUT2D eigenvalue weighted by Crippen LogP contribution is 2.32. The minimum Gasteiger partial charge on any atom is -0.497 e. The number of alkyl halides is 3. The summed E-state index contributed by atoms with van der Waals surface area (Å²) in [4.78, 5) is 12.6. The smallest absolute Gasteiger partial charge is 0.416 e. The molecule has 8 nitrogen and oxygen atoms in total. The molecule has 0 fully saturated rings. The van der Waals surface area contributed by atoms with E-state index in [0.29, 0.717) is 29.0 Å². The van der Waals surface area contributed by atoms with E-state index in [1.165, 1.54) is 18.5 Å². The lowest BCUT2D eigenvalue weighted by atomic mass is 9.92. The van der Waals surface area contributed by atoms with E-state index < -0.39 is 45.2 Å². The van der Waals surface area contributed by atoms with Crippen LogP contribution in [0.25, 0.3) is 5.69 Å². The van der Waals surface area contributed by atoms with E-state index in [-0.39, 0.29) is 5.41 Å². The van der Waals surface area contributed by atoms with Crippen LogP contribution in [0.2, 0.25) is 0 Å². The molecule has 0 aliphatic carbocycles. The van der Waals surface area contributed by atoms with Crippen LogP contribution in [0.4, 0.5) is 19.0 Å². The van der Waals surface area contributed by atoms with Gasteiger partial charge < -0.3 is 10.1 Å². The fraction of sp³-hybridized carbons (Fsp3) is 0.385. The second kappa shape index (κ2) is 10.8. The predicted molar refractivity (Wildman–Crippen MR) is 138 cm³/mol. The molecule has 206 valence electrons. The van der Waals surface area contributed by atoms with Gasteiger partial charge in [0.25, 0.3) is 0 Å². The fourth-order valence-corrected chi connectivity index (χ4v) is 5.23. The molecule has 3 aromatic rings. The topological polar surface area (TPSA) is 93.5 Å². The number of carbonyl (C=O) groups excluding carboxylic acids is 1. The Kier molecular flexibility index (Phi) is 8.27. The zero-order chi connectivity index (χ0) is 28.5. The first-order chi connectivity index (χ1) is 17.5. The number of nitrogens with zero attached hydrogens (tertiary/aromatic N) is 3. The maximum Gasteiger partial charge on any atom is 0.416 e. The van der Waals surface area contributed by atoms with Gasteiger partial charge in [0, 0.05) is 17.5 Å². The monoisotopic (exact) mass is 552 g/mol. The van der Waals surface area contributed by atoms with Gasteiger partial charge in [-0.1, -0.05) is 26.8 Å². The van der Waals surface area contributed by atoms with E-state index >= 15 is 0 Å². The van der Waals surface area contributed by atoms with Crippen LogP contribution >= 0.6 is 0 Å². The van der Waals surface area contributed by atoms with Gasteiger partial charge in [0.2, 0.25) is 15.9 Å². The standard InChI is InChI=1S/C26H31F3N4O4S/c1-17(2)32(38(35,36)21-9-7-8-18(14-21)26(27,28)29)16-24(34)30-23-15-22(25(3,4)5)31-33(23)19-10-12-20(37-6)13-11-19/h7-15,17H,16H2,1-6H3,(H,30,34). The average Bonchev–Trinajstić information content (AvgIpc) is 3.26. The molecule has 0 spiro atoms. The van der Waals surface area contributed by atoms with Crippen molar-refractivity contribution in [3.63, 3.8) is 0 Å². The van der Waals surface area contributed by atoms with Crippen LogP contribution in [-0.4, -0.2) is 48.1 Å². The Hall–Kier alpha value is -3.38. The molecule has 1 heterocycles. The molecule has 0 saturated heterocycles. The largest absolute Gasteiger partial charge is 0.497 e. The third-order valence-corrected chi connectivity index (χ3v) is 7.72. The van der Waals surface area contributed by atoms with Crippen LogP contribution in [0.5, 0.6) is 5.75 Å². The Balaban J connectivity index is 1.93. The van der Waals surface area contributed by atoms with Crippen molar-refractivity contribution >= 4 is 21.7 Å². The van der Waals surface area contributed by atoms with Crippen LogP contribution in [0.15, 0.2) is 59.5 Å². The van der Waals surface area contributed by atoms with Gasteiger partial charge in [0.1, 0.15) is 11.6 Å². The number of rotatable bonds is 8. The van der Waals surface area contributed by atoms with Gasteiger partial charge in [-0.25, -0.2) is 13.1 Å². The first-order valence-corrected chi connectivity index (χ1v) is 13.2. The number of methoxy groups -OCH3 is 1. The van der Waals surface area contributed by atoms with Crippen LogP contribution in [0.1, 0.15) is 45.9 Å². The van der Waals surface area contributed by atoms with Crippen molar-refractivity contribution in [1.29, 1.82) is 0 Å². The zero-order valence-corrected chi connectivity index (χ0v) is 22.8. The summed E-state index contributed by atoms with van der Waals surface area (Å²) in [6, 6.07) is 11.4. The molecule has 1 amide bonds. The van der Waals surface area contributed by atoms with Crippen LogP contribution in [0, 0.1) is 0 Å². The fourth-order valence-electron chi connectivity index (χ4n) is 3.59. The summed E-state index contributed by atoms with van der Waals surface area (Å²) in [6.45, 7) is 8.34. The summed E-state index contributed by atoms with van der Waals surface area (Å²) < 4.78 is 73.7. The van der Waals surface area contributed by atoms with Crippen LogP contribution < -0.4 is 10.1 Å². The van der Waals surface area contributed by atoms with Crippen molar-refractivity contribution in [3.8, 4) is 11.4 Å². The molecule has 0 saturated carbocycles. The average molecular weight is 553 g/mol. The molecule has 3 rings (SSSR count). The molecular weight excluding hydrogens is 521 g/mol. The lowest BCUT2D eigenvalue weighted by Gasteiger charge is -2.25. The summed E-state index contributed by atoms with van der Waals surface area (Å²) in [7, 11) is -2.88. The summed E-state index contributed by atoms with van der Waals surface area (Å²) in [5.41, 5.74) is -0.131. The molecular formula is C26H31F3N4O4S. The molecule has 0 atom stereocenters. The number of anilines is 1. The highest BCUT2D eigenvalue weighted by atomic mass is 32.2. The number of hydrogen-bond donors (Lipinski definition) is 1. The lowest BCUT2D eigenvalue weighted by molar-refractivity contribution is -0.137. The molecule has 2 aromatic carbocycles. The van der Waals surface area contributed by atoms with E-state index in [0.717, 1.165) is 22.5 Å². The number of sulfonamides is 1. The Labute approximate surface area is 220 Å². The number of halogens is 3. The number of carbonyl (C=O) groups is 1. The maximum absolute atomic E-state index is 13.3. The second-order valence-electron chi connectivity index (χ2n) is 9.99. The van der Waals surface area contributed by atoms with Crippen molar-refractivity contribution in [3.05, 3.63) is 65.9 Å². The minimum absolute atomic E-state index is 0.310. The van der Waals surface area contributed by atoms with Gasteiger partial charge in [-0.15, -0.1) is 0 Å². The highest BCUT2D eigenvalue weighted by Gasteiger charge is 2.34. The molecule has 0 radical (unpaired) electrons. The molecule has 0 unspecified atom stereocenters. The van der Waals surface area contributed by atoms with Crippen molar-refractivity contribution in [1.82, 2.24) is 14.1 Å². The summed E-state index contributed by atoms with van der Waals surface area (Å²) in [6.07, 6.45) is -4.71. The van der Waals surface area contributed by atoms with Gasteiger partial charge in [0.15, 0.2) is 0 Å². The normalized spacial score (nSPS) is 12.7. The molecule has 0 aliphatic heterocycles. The Morgan fingerprint density at radius 1 is 1.08 bits per heavy atom. The molecule has 12 heteroatoms. The van der Waals surface area contributed by atoms with Gasteiger partial charge in [-0.3, -0.25) is 4.79 Å². The van der Waals surface area contributed by atoms with E-state index in [4.69, 9.17) is 4.74 Å². The third-order valence-electron chi connectivity index (χ3n) is 5.71. The predicted octanol–water partition coefficient (Wildman–Crippen LogP) is 5.24. The summed E-state index contributed by atoms with van der Waals surface area (Å²) >= 11 is 0. The van der Waals surface area contributed by atoms with E-state index in [1.54, 1.807) is 37.4 Å². The third kappa shape index (κ3) is 6.54. The molecule has 38 heavy (non-hydrogen) atoms. The van der Waals surface area contributed by atoms with Crippen LogP contribution in [0.3, 0.4) is 0 Å². The van der Waals surface area contributed by atoms with E-state index in [2.05, 4.69) is 10.4 Å². The number of ether oxygens (including phenoxy) is 1. The van der Waals surface area contributed by atoms with Crippen molar-refractivity contribution in [2.75, 3.05) is 19.0 Å². The SMILES string of the molecule is COc1ccc(-n2nc(C(C)(C)C)cc2NC(=O)CN(C(C)C)S(=O)(=O)c2cccc(C(F)(F)F)c2)cc1. The Bertz CT molecular complexity index is 1390. The number of hydrogen-bond acceptors (Lipinski definition) is 5. The first kappa shape index (κ1) is 29.2. The number of aromatic nitrogens is 2. The lowest BCUT2D eigenvalue weighted by Crippen LogP contribution is -2.42.